The molecule has 0 heterocycles. The van der Waals surface area contributed by atoms with Gasteiger partial charge in [-0.2, -0.15) is 0 Å². The molecule has 0 saturated carbocycles. The molecule has 0 fully saturated rings. The van der Waals surface area contributed by atoms with E-state index < -0.39 is 12.1 Å². The van der Waals surface area contributed by atoms with Crippen molar-refractivity contribution in [1.82, 2.24) is 5.32 Å². The van der Waals surface area contributed by atoms with E-state index in [0.717, 1.165) is 5.56 Å². The third-order valence-electron chi connectivity index (χ3n) is 3.02. The molecule has 1 atom stereocenters. The zero-order chi connectivity index (χ0) is 15.9. The molecule has 1 amide bonds. The van der Waals surface area contributed by atoms with Crippen molar-refractivity contribution >= 4 is 23.5 Å². The largest absolute Gasteiger partial charge is 0.449 e. The maximum absolute atomic E-state index is 11.9. The molecule has 114 valence electrons. The third-order valence-corrected chi connectivity index (χ3v) is 3.26. The Balaban J connectivity index is 1.87. The van der Waals surface area contributed by atoms with Crippen LogP contribution in [-0.4, -0.2) is 18.0 Å². The Morgan fingerprint density at radius 3 is 2.55 bits per heavy atom. The van der Waals surface area contributed by atoms with Crippen molar-refractivity contribution in [3.63, 3.8) is 0 Å². The molecular formula is C17H16ClNO3. The summed E-state index contributed by atoms with van der Waals surface area (Å²) in [5, 5.41) is 3.17. The molecule has 0 aliphatic heterocycles. The van der Waals surface area contributed by atoms with Gasteiger partial charge >= 0.3 is 5.97 Å². The second-order valence-corrected chi connectivity index (χ2v) is 5.20. The fraction of sp³-hybridized carbons (Fsp3) is 0.176. The number of carbonyl (C=O) groups is 2. The summed E-state index contributed by atoms with van der Waals surface area (Å²) in [5.41, 5.74) is 1.29. The van der Waals surface area contributed by atoms with Crippen molar-refractivity contribution < 1.29 is 14.3 Å². The number of halogens is 1. The molecule has 2 aromatic carbocycles. The van der Waals surface area contributed by atoms with Crippen molar-refractivity contribution in [1.29, 1.82) is 0 Å². The fourth-order valence-corrected chi connectivity index (χ4v) is 2.02. The third kappa shape index (κ3) is 4.60. The number of benzene rings is 2. The number of hydrogen-bond donors (Lipinski definition) is 1. The number of amides is 1. The molecule has 1 N–H and O–H groups in total. The van der Waals surface area contributed by atoms with E-state index in [1.165, 1.54) is 13.0 Å². The summed E-state index contributed by atoms with van der Waals surface area (Å²) in [6, 6.07) is 15.9. The van der Waals surface area contributed by atoms with E-state index in [9.17, 15) is 9.59 Å². The minimum Gasteiger partial charge on any atom is -0.449 e. The smallest absolute Gasteiger partial charge is 0.338 e. The van der Waals surface area contributed by atoms with Crippen LogP contribution in [0.15, 0.2) is 54.6 Å². The fourth-order valence-electron chi connectivity index (χ4n) is 1.83. The van der Waals surface area contributed by atoms with Crippen LogP contribution in [-0.2, 0) is 16.1 Å². The number of esters is 1. The number of ether oxygens (including phenoxy) is 1. The first-order chi connectivity index (χ1) is 10.6. The molecule has 0 aliphatic rings. The number of nitrogens with one attached hydrogen (secondary N) is 1. The lowest BCUT2D eigenvalue weighted by Crippen LogP contribution is -2.35. The van der Waals surface area contributed by atoms with Crippen molar-refractivity contribution in [2.75, 3.05) is 0 Å². The predicted molar refractivity (Wildman–Crippen MR) is 84.6 cm³/mol. The Kier molecular flexibility index (Phi) is 5.55. The van der Waals surface area contributed by atoms with Gasteiger partial charge in [0, 0.05) is 11.6 Å². The summed E-state index contributed by atoms with van der Waals surface area (Å²) >= 11 is 5.82. The summed E-state index contributed by atoms with van der Waals surface area (Å²) < 4.78 is 5.13. The molecule has 0 unspecified atom stereocenters. The zero-order valence-corrected chi connectivity index (χ0v) is 12.8. The van der Waals surface area contributed by atoms with Crippen molar-refractivity contribution in [2.45, 2.75) is 19.6 Å². The highest BCUT2D eigenvalue weighted by atomic mass is 35.5. The van der Waals surface area contributed by atoms with Crippen LogP contribution in [0.25, 0.3) is 0 Å². The van der Waals surface area contributed by atoms with Gasteiger partial charge in [-0.05, 0) is 30.7 Å². The minimum absolute atomic E-state index is 0.315. The molecule has 0 spiro atoms. The van der Waals surface area contributed by atoms with Crippen LogP contribution in [0, 0.1) is 0 Å². The Labute approximate surface area is 134 Å². The molecule has 2 rings (SSSR count). The van der Waals surface area contributed by atoms with Gasteiger partial charge in [0.1, 0.15) is 0 Å². The van der Waals surface area contributed by atoms with Gasteiger partial charge in [0.25, 0.3) is 5.91 Å². The first kappa shape index (κ1) is 16.0. The topological polar surface area (TPSA) is 55.4 Å². The number of rotatable bonds is 5. The van der Waals surface area contributed by atoms with Gasteiger partial charge in [0.2, 0.25) is 0 Å². The van der Waals surface area contributed by atoms with Crippen LogP contribution >= 0.6 is 11.6 Å². The van der Waals surface area contributed by atoms with Gasteiger partial charge in [-0.1, -0.05) is 48.0 Å². The summed E-state index contributed by atoms with van der Waals surface area (Å²) in [6.07, 6.45) is -0.879. The molecule has 22 heavy (non-hydrogen) atoms. The quantitative estimate of drug-likeness (QED) is 0.862. The highest BCUT2D eigenvalue weighted by molar-refractivity contribution is 6.30. The molecular weight excluding hydrogens is 302 g/mol. The zero-order valence-electron chi connectivity index (χ0n) is 12.1. The SMILES string of the molecule is C[C@@H](OC(=O)c1cccc(Cl)c1)C(=O)NCc1ccccc1. The Bertz CT molecular complexity index is 658. The highest BCUT2D eigenvalue weighted by Crippen LogP contribution is 2.12. The van der Waals surface area contributed by atoms with Gasteiger partial charge in [0.05, 0.1) is 5.56 Å². The van der Waals surface area contributed by atoms with E-state index in [1.54, 1.807) is 18.2 Å². The van der Waals surface area contributed by atoms with Crippen LogP contribution in [0.1, 0.15) is 22.8 Å². The van der Waals surface area contributed by atoms with Crippen LogP contribution in [0.3, 0.4) is 0 Å². The van der Waals surface area contributed by atoms with E-state index in [2.05, 4.69) is 5.32 Å². The van der Waals surface area contributed by atoms with Gasteiger partial charge in [-0.3, -0.25) is 4.79 Å². The normalized spacial score (nSPS) is 11.5. The minimum atomic E-state index is -0.879. The maximum Gasteiger partial charge on any atom is 0.338 e. The molecule has 0 bridgehead atoms. The first-order valence-corrected chi connectivity index (χ1v) is 7.22. The van der Waals surface area contributed by atoms with Gasteiger partial charge in [0.15, 0.2) is 6.10 Å². The van der Waals surface area contributed by atoms with E-state index in [1.807, 2.05) is 30.3 Å². The summed E-state index contributed by atoms with van der Waals surface area (Å²) in [7, 11) is 0. The van der Waals surface area contributed by atoms with Gasteiger partial charge in [-0.25, -0.2) is 4.79 Å². The van der Waals surface area contributed by atoms with E-state index in [4.69, 9.17) is 16.3 Å². The van der Waals surface area contributed by atoms with E-state index in [-0.39, 0.29) is 5.91 Å². The lowest BCUT2D eigenvalue weighted by Gasteiger charge is -2.13. The molecule has 0 saturated heterocycles. The van der Waals surface area contributed by atoms with Crippen molar-refractivity contribution in [3.05, 3.63) is 70.7 Å². The predicted octanol–water partition coefficient (Wildman–Crippen LogP) is 3.20. The second-order valence-electron chi connectivity index (χ2n) is 4.76. The highest BCUT2D eigenvalue weighted by Gasteiger charge is 2.18. The Hall–Kier alpha value is -2.33. The standard InChI is InChI=1S/C17H16ClNO3/c1-12(16(20)19-11-13-6-3-2-4-7-13)22-17(21)14-8-5-9-15(18)10-14/h2-10,12H,11H2,1H3,(H,19,20)/t12-/m1/s1. The number of hydrogen-bond acceptors (Lipinski definition) is 3. The van der Waals surface area contributed by atoms with Gasteiger partial charge in [-0.15, -0.1) is 0 Å². The van der Waals surface area contributed by atoms with E-state index in [0.29, 0.717) is 17.1 Å². The summed E-state index contributed by atoms with van der Waals surface area (Å²) in [6.45, 7) is 1.92. The number of carbonyl (C=O) groups excluding carboxylic acids is 2. The molecule has 0 aliphatic carbocycles. The lowest BCUT2D eigenvalue weighted by molar-refractivity contribution is -0.129. The van der Waals surface area contributed by atoms with Crippen LogP contribution < -0.4 is 5.32 Å². The van der Waals surface area contributed by atoms with Crippen LogP contribution in [0.5, 0.6) is 0 Å². The maximum atomic E-state index is 11.9. The summed E-state index contributed by atoms with van der Waals surface area (Å²) in [5.74, 6) is -0.927. The average Bonchev–Trinajstić information content (AvgIpc) is 2.53. The Morgan fingerprint density at radius 2 is 1.86 bits per heavy atom. The molecule has 0 aromatic heterocycles. The average molecular weight is 318 g/mol. The van der Waals surface area contributed by atoms with Crippen LogP contribution in [0.4, 0.5) is 0 Å². The summed E-state index contributed by atoms with van der Waals surface area (Å²) in [4.78, 5) is 23.9. The van der Waals surface area contributed by atoms with Crippen LogP contribution in [0.2, 0.25) is 5.02 Å². The molecule has 5 heteroatoms. The molecule has 2 aromatic rings. The van der Waals surface area contributed by atoms with Crippen molar-refractivity contribution in [2.24, 2.45) is 0 Å². The first-order valence-electron chi connectivity index (χ1n) is 6.84. The second kappa shape index (κ2) is 7.61. The monoisotopic (exact) mass is 317 g/mol. The molecule has 4 nitrogen and oxygen atoms in total. The van der Waals surface area contributed by atoms with Gasteiger partial charge < -0.3 is 10.1 Å². The lowest BCUT2D eigenvalue weighted by atomic mass is 10.2. The van der Waals surface area contributed by atoms with E-state index >= 15 is 0 Å². The Morgan fingerprint density at radius 1 is 1.14 bits per heavy atom. The molecule has 0 radical (unpaired) electrons. The van der Waals surface area contributed by atoms with Crippen molar-refractivity contribution in [3.8, 4) is 0 Å².